The zero-order valence-corrected chi connectivity index (χ0v) is 10.5. The van der Waals surface area contributed by atoms with E-state index in [0.717, 1.165) is 18.8 Å². The summed E-state index contributed by atoms with van der Waals surface area (Å²) in [6.45, 7) is 8.72. The Balaban J connectivity index is 2.26. The molecule has 92 valence electrons. The topological polar surface area (TPSA) is 38.1 Å². The molecular formula is C13H19N3O. The number of hydrogen-bond donors (Lipinski definition) is 0. The van der Waals surface area contributed by atoms with Gasteiger partial charge in [0.1, 0.15) is 5.82 Å². The summed E-state index contributed by atoms with van der Waals surface area (Å²) in [5.74, 6) is 1.34. The van der Waals surface area contributed by atoms with Gasteiger partial charge in [0.15, 0.2) is 0 Å². The van der Waals surface area contributed by atoms with Gasteiger partial charge in [0.2, 0.25) is 5.91 Å². The van der Waals surface area contributed by atoms with Crippen LogP contribution in [-0.4, -0.2) is 22.2 Å². The van der Waals surface area contributed by atoms with Gasteiger partial charge in [-0.2, -0.15) is 5.10 Å². The van der Waals surface area contributed by atoms with Crippen LogP contribution in [0.5, 0.6) is 0 Å². The molecule has 1 aromatic rings. The van der Waals surface area contributed by atoms with Crippen LogP contribution in [0.2, 0.25) is 0 Å². The van der Waals surface area contributed by atoms with Crippen LogP contribution >= 0.6 is 0 Å². The maximum absolute atomic E-state index is 11.9. The van der Waals surface area contributed by atoms with Gasteiger partial charge in [-0.25, -0.2) is 4.68 Å². The van der Waals surface area contributed by atoms with Gasteiger partial charge in [-0.05, 0) is 13.3 Å². The Bertz CT molecular complexity index is 424. The van der Waals surface area contributed by atoms with E-state index in [9.17, 15) is 4.79 Å². The van der Waals surface area contributed by atoms with Crippen LogP contribution in [-0.2, 0) is 4.79 Å². The Hall–Kier alpha value is -1.58. The second-order valence-corrected chi connectivity index (χ2v) is 4.60. The number of carbonyl (C=O) groups excluding carboxylic acids is 1. The first-order valence-corrected chi connectivity index (χ1v) is 6.13. The minimum atomic E-state index is 0.167. The maximum atomic E-state index is 11.9. The molecule has 0 saturated carbocycles. The lowest BCUT2D eigenvalue weighted by Gasteiger charge is -2.20. The zero-order valence-electron chi connectivity index (χ0n) is 10.5. The molecule has 0 bridgehead atoms. The van der Waals surface area contributed by atoms with E-state index in [-0.39, 0.29) is 11.8 Å². The Morgan fingerprint density at radius 3 is 3.06 bits per heavy atom. The second kappa shape index (κ2) is 4.73. The highest BCUT2D eigenvalue weighted by Crippen LogP contribution is 2.27. The van der Waals surface area contributed by atoms with Crippen LogP contribution in [0.4, 0.5) is 5.82 Å². The van der Waals surface area contributed by atoms with Crippen molar-refractivity contribution in [3.8, 4) is 0 Å². The van der Waals surface area contributed by atoms with Crippen LogP contribution < -0.4 is 4.90 Å². The summed E-state index contributed by atoms with van der Waals surface area (Å²) in [5.41, 5.74) is 0. The Labute approximate surface area is 102 Å². The predicted molar refractivity (Wildman–Crippen MR) is 67.9 cm³/mol. The van der Waals surface area contributed by atoms with Crippen molar-refractivity contribution in [1.29, 1.82) is 0 Å². The first kappa shape index (κ1) is 11.9. The number of rotatable bonds is 4. The standard InChI is InChI=1S/C13H19N3O/c1-4-10(3)16-12(6-7-14-16)15-9-11(5-2)8-13(15)17/h5-7,10-11H,2,4,8-9H2,1,3H3. The van der Waals surface area contributed by atoms with Crippen molar-refractivity contribution in [3.05, 3.63) is 24.9 Å². The van der Waals surface area contributed by atoms with E-state index in [4.69, 9.17) is 0 Å². The minimum absolute atomic E-state index is 0.167. The third kappa shape index (κ3) is 2.12. The molecule has 2 unspecified atom stereocenters. The number of aromatic nitrogens is 2. The summed E-state index contributed by atoms with van der Waals surface area (Å²) >= 11 is 0. The van der Waals surface area contributed by atoms with Crippen molar-refractivity contribution < 1.29 is 4.79 Å². The average molecular weight is 233 g/mol. The molecule has 0 aliphatic carbocycles. The number of nitrogens with zero attached hydrogens (tertiary/aromatic N) is 3. The number of hydrogen-bond acceptors (Lipinski definition) is 2. The van der Waals surface area contributed by atoms with Crippen molar-refractivity contribution in [2.45, 2.75) is 32.7 Å². The lowest BCUT2D eigenvalue weighted by molar-refractivity contribution is -0.117. The largest absolute Gasteiger partial charge is 0.296 e. The molecule has 2 atom stereocenters. The molecule has 0 radical (unpaired) electrons. The molecule has 2 heterocycles. The molecule has 4 nitrogen and oxygen atoms in total. The Morgan fingerprint density at radius 2 is 2.47 bits per heavy atom. The molecule has 2 rings (SSSR count). The number of carbonyl (C=O) groups is 1. The SMILES string of the molecule is C=CC1CC(=O)N(c2ccnn2C(C)CC)C1. The molecule has 1 fully saturated rings. The molecular weight excluding hydrogens is 214 g/mol. The van der Waals surface area contributed by atoms with Gasteiger partial charge in [0.05, 0.1) is 12.2 Å². The minimum Gasteiger partial charge on any atom is -0.296 e. The molecule has 0 spiro atoms. The van der Waals surface area contributed by atoms with Crippen molar-refractivity contribution in [1.82, 2.24) is 9.78 Å². The molecule has 4 heteroatoms. The van der Waals surface area contributed by atoms with E-state index in [2.05, 4.69) is 25.5 Å². The Kier molecular flexibility index (Phi) is 3.31. The van der Waals surface area contributed by atoms with Gasteiger partial charge >= 0.3 is 0 Å². The van der Waals surface area contributed by atoms with Crippen LogP contribution in [0.25, 0.3) is 0 Å². The van der Waals surface area contributed by atoms with Gasteiger partial charge < -0.3 is 0 Å². The molecule has 1 amide bonds. The fourth-order valence-electron chi connectivity index (χ4n) is 2.15. The monoisotopic (exact) mass is 233 g/mol. The third-order valence-electron chi connectivity index (χ3n) is 3.42. The van der Waals surface area contributed by atoms with E-state index >= 15 is 0 Å². The predicted octanol–water partition coefficient (Wildman–Crippen LogP) is 2.39. The number of anilines is 1. The van der Waals surface area contributed by atoms with E-state index in [1.165, 1.54) is 0 Å². The van der Waals surface area contributed by atoms with E-state index in [0.29, 0.717) is 12.5 Å². The fourth-order valence-corrected chi connectivity index (χ4v) is 2.15. The maximum Gasteiger partial charge on any atom is 0.228 e. The second-order valence-electron chi connectivity index (χ2n) is 4.60. The van der Waals surface area contributed by atoms with E-state index in [1.807, 2.05) is 21.7 Å². The van der Waals surface area contributed by atoms with Crippen LogP contribution in [0.15, 0.2) is 24.9 Å². The van der Waals surface area contributed by atoms with Crippen molar-refractivity contribution >= 4 is 11.7 Å². The quantitative estimate of drug-likeness (QED) is 0.749. The van der Waals surface area contributed by atoms with Crippen molar-refractivity contribution in [3.63, 3.8) is 0 Å². The molecule has 0 N–H and O–H groups in total. The molecule has 17 heavy (non-hydrogen) atoms. The fraction of sp³-hybridized carbons (Fsp3) is 0.538. The molecule has 1 aliphatic rings. The summed E-state index contributed by atoms with van der Waals surface area (Å²) in [6, 6.07) is 2.23. The van der Waals surface area contributed by atoms with Gasteiger partial charge in [0, 0.05) is 24.9 Å². The van der Waals surface area contributed by atoms with Crippen molar-refractivity contribution in [2.24, 2.45) is 5.92 Å². The van der Waals surface area contributed by atoms with Crippen LogP contribution in [0, 0.1) is 5.92 Å². The average Bonchev–Trinajstić information content (AvgIpc) is 2.93. The van der Waals surface area contributed by atoms with Gasteiger partial charge in [-0.15, -0.1) is 6.58 Å². The summed E-state index contributed by atoms with van der Waals surface area (Å²) in [4.78, 5) is 13.8. The van der Waals surface area contributed by atoms with Gasteiger partial charge in [-0.1, -0.05) is 13.0 Å². The molecule has 1 aromatic heterocycles. The van der Waals surface area contributed by atoms with Crippen molar-refractivity contribution in [2.75, 3.05) is 11.4 Å². The van der Waals surface area contributed by atoms with E-state index in [1.54, 1.807) is 6.20 Å². The van der Waals surface area contributed by atoms with E-state index < -0.39 is 0 Å². The lowest BCUT2D eigenvalue weighted by Crippen LogP contribution is -2.28. The Morgan fingerprint density at radius 1 is 1.71 bits per heavy atom. The summed E-state index contributed by atoms with van der Waals surface area (Å²) in [7, 11) is 0. The first-order valence-electron chi connectivity index (χ1n) is 6.13. The highest BCUT2D eigenvalue weighted by molar-refractivity contribution is 5.95. The summed E-state index contributed by atoms with van der Waals surface area (Å²) in [5, 5.41) is 4.31. The molecule has 1 aliphatic heterocycles. The smallest absolute Gasteiger partial charge is 0.228 e. The molecule has 1 saturated heterocycles. The summed E-state index contributed by atoms with van der Waals surface area (Å²) < 4.78 is 1.93. The number of amides is 1. The first-order chi connectivity index (χ1) is 8.17. The highest BCUT2D eigenvalue weighted by atomic mass is 16.2. The van der Waals surface area contributed by atoms with Crippen LogP contribution in [0.3, 0.4) is 0 Å². The zero-order chi connectivity index (χ0) is 12.4. The normalized spacial score (nSPS) is 21.9. The van der Waals surface area contributed by atoms with Gasteiger partial charge in [0.25, 0.3) is 0 Å². The molecule has 0 aromatic carbocycles. The highest BCUT2D eigenvalue weighted by Gasteiger charge is 2.31. The van der Waals surface area contributed by atoms with Gasteiger partial charge in [-0.3, -0.25) is 9.69 Å². The third-order valence-corrected chi connectivity index (χ3v) is 3.42. The summed E-state index contributed by atoms with van der Waals surface area (Å²) in [6.07, 6.45) is 5.19. The van der Waals surface area contributed by atoms with Crippen LogP contribution in [0.1, 0.15) is 32.7 Å². The lowest BCUT2D eigenvalue weighted by atomic mass is 10.1.